The highest BCUT2D eigenvalue weighted by atomic mass is 79.9. The minimum atomic E-state index is 0.0700. The zero-order valence-corrected chi connectivity index (χ0v) is 19.3. The average molecular weight is 463 g/mol. The molecule has 0 spiro atoms. The lowest BCUT2D eigenvalue weighted by atomic mass is 9.89. The van der Waals surface area contributed by atoms with Crippen molar-refractivity contribution in [3.8, 4) is 17.2 Å². The van der Waals surface area contributed by atoms with E-state index in [1.54, 1.807) is 14.2 Å². The van der Waals surface area contributed by atoms with Crippen LogP contribution in [0.2, 0.25) is 0 Å². The zero-order valence-electron chi connectivity index (χ0n) is 17.8. The molecule has 0 saturated carbocycles. The van der Waals surface area contributed by atoms with Crippen LogP contribution < -0.4 is 19.5 Å². The van der Waals surface area contributed by atoms with Crippen LogP contribution in [0.1, 0.15) is 36.6 Å². The summed E-state index contributed by atoms with van der Waals surface area (Å²) in [5.74, 6) is 2.52. The number of nitrogens with zero attached hydrogens (tertiary/aromatic N) is 1. The molecule has 0 saturated heterocycles. The Morgan fingerprint density at radius 3 is 2.48 bits per heavy atom. The molecule has 3 rings (SSSR count). The highest BCUT2D eigenvalue weighted by Gasteiger charge is 2.25. The van der Waals surface area contributed by atoms with Crippen molar-refractivity contribution >= 4 is 15.9 Å². The number of rotatable bonds is 9. The number of fused-ring (bicyclic) bond motifs is 1. The van der Waals surface area contributed by atoms with Crippen LogP contribution in [0.5, 0.6) is 17.2 Å². The zero-order chi connectivity index (χ0) is 20.8. The van der Waals surface area contributed by atoms with Gasteiger partial charge in [0.15, 0.2) is 0 Å². The predicted molar refractivity (Wildman–Crippen MR) is 121 cm³/mol. The van der Waals surface area contributed by atoms with Crippen molar-refractivity contribution in [2.24, 2.45) is 0 Å². The molecule has 1 aliphatic heterocycles. The predicted octanol–water partition coefficient (Wildman–Crippen LogP) is 4.42. The number of halogens is 1. The first-order valence-corrected chi connectivity index (χ1v) is 11.0. The van der Waals surface area contributed by atoms with Crippen LogP contribution in [0.4, 0.5) is 0 Å². The Hall–Kier alpha value is -1.76. The topological polar surface area (TPSA) is 43.0 Å². The van der Waals surface area contributed by atoms with Crippen LogP contribution >= 0.6 is 15.9 Å². The Labute approximate surface area is 182 Å². The molecule has 1 N–H and O–H groups in total. The summed E-state index contributed by atoms with van der Waals surface area (Å²) in [6, 6.07) is 10.5. The van der Waals surface area contributed by atoms with E-state index in [0.29, 0.717) is 6.61 Å². The molecule has 0 radical (unpaired) electrons. The Balaban J connectivity index is 1.82. The molecular weight excluding hydrogens is 432 g/mol. The minimum absolute atomic E-state index is 0.0700. The van der Waals surface area contributed by atoms with Gasteiger partial charge in [0.1, 0.15) is 23.9 Å². The van der Waals surface area contributed by atoms with Gasteiger partial charge in [0, 0.05) is 24.7 Å². The highest BCUT2D eigenvalue weighted by molar-refractivity contribution is 9.10. The van der Waals surface area contributed by atoms with Gasteiger partial charge in [-0.25, -0.2) is 0 Å². The molecular formula is C23H31BrN2O3. The molecule has 1 atom stereocenters. The van der Waals surface area contributed by atoms with Gasteiger partial charge in [0.25, 0.3) is 0 Å². The van der Waals surface area contributed by atoms with Crippen molar-refractivity contribution < 1.29 is 14.2 Å². The number of hydrogen-bond donors (Lipinski definition) is 1. The average Bonchev–Trinajstić information content (AvgIpc) is 2.76. The maximum atomic E-state index is 6.03. The molecule has 158 valence electrons. The van der Waals surface area contributed by atoms with E-state index < -0.39 is 0 Å². The lowest BCUT2D eigenvalue weighted by Gasteiger charge is -2.29. The molecule has 1 heterocycles. The van der Waals surface area contributed by atoms with Gasteiger partial charge in [-0.05, 0) is 64.8 Å². The molecule has 1 aliphatic rings. The van der Waals surface area contributed by atoms with Gasteiger partial charge in [-0.3, -0.25) is 0 Å². The first-order valence-electron chi connectivity index (χ1n) is 10.2. The van der Waals surface area contributed by atoms with E-state index >= 15 is 0 Å². The van der Waals surface area contributed by atoms with E-state index in [4.69, 9.17) is 14.2 Å². The molecule has 2 aromatic carbocycles. The number of likely N-dealkylation sites (N-methyl/N-ethyl adjacent to an activating group) is 1. The molecule has 0 bridgehead atoms. The van der Waals surface area contributed by atoms with Gasteiger partial charge in [-0.15, -0.1) is 0 Å². The van der Waals surface area contributed by atoms with Crippen molar-refractivity contribution in [3.63, 3.8) is 0 Å². The fraction of sp³-hybridized carbons (Fsp3) is 0.478. The molecule has 1 unspecified atom stereocenters. The fourth-order valence-corrected chi connectivity index (χ4v) is 4.37. The van der Waals surface area contributed by atoms with Gasteiger partial charge in [-0.2, -0.15) is 0 Å². The maximum Gasteiger partial charge on any atom is 0.136 e. The van der Waals surface area contributed by atoms with Crippen LogP contribution in [0.15, 0.2) is 34.8 Å². The quantitative estimate of drug-likeness (QED) is 0.597. The maximum absolute atomic E-state index is 6.03. The summed E-state index contributed by atoms with van der Waals surface area (Å²) in [7, 11) is 3.36. The smallest absolute Gasteiger partial charge is 0.136 e. The molecule has 29 heavy (non-hydrogen) atoms. The molecule has 0 aromatic heterocycles. The van der Waals surface area contributed by atoms with Gasteiger partial charge < -0.3 is 24.4 Å². The van der Waals surface area contributed by atoms with Crippen molar-refractivity contribution in [1.82, 2.24) is 10.2 Å². The van der Waals surface area contributed by atoms with Crippen LogP contribution in [0.25, 0.3) is 0 Å². The standard InChI is InChI=1S/C23H31BrN2O3/c1-5-26(6-2)11-12-29-17-7-8-18-16(13-17)9-10-25-23(18)19-14-20(24)22(28-4)15-21(19)27-3/h7-8,13-15,23,25H,5-6,9-12H2,1-4H3. The molecule has 0 fully saturated rings. The van der Waals surface area contributed by atoms with E-state index in [1.807, 2.05) is 6.07 Å². The van der Waals surface area contributed by atoms with Crippen molar-refractivity contribution in [3.05, 3.63) is 51.5 Å². The molecule has 2 aromatic rings. The number of methoxy groups -OCH3 is 2. The number of hydrogen-bond acceptors (Lipinski definition) is 5. The van der Waals surface area contributed by atoms with E-state index in [-0.39, 0.29) is 6.04 Å². The van der Waals surface area contributed by atoms with E-state index in [0.717, 1.165) is 59.9 Å². The lowest BCUT2D eigenvalue weighted by molar-refractivity contribution is 0.222. The fourth-order valence-electron chi connectivity index (χ4n) is 3.85. The summed E-state index contributed by atoms with van der Waals surface area (Å²) in [6.45, 7) is 9.04. The first kappa shape index (κ1) is 21.9. The minimum Gasteiger partial charge on any atom is -0.496 e. The first-order chi connectivity index (χ1) is 14.1. The lowest BCUT2D eigenvalue weighted by Crippen LogP contribution is -2.31. The Morgan fingerprint density at radius 2 is 1.79 bits per heavy atom. The normalized spacial score (nSPS) is 15.9. The van der Waals surface area contributed by atoms with Crippen LogP contribution in [-0.4, -0.2) is 51.9 Å². The second-order valence-electron chi connectivity index (χ2n) is 7.10. The summed E-state index contributed by atoms with van der Waals surface area (Å²) < 4.78 is 18.0. The van der Waals surface area contributed by atoms with Gasteiger partial charge in [-0.1, -0.05) is 19.9 Å². The Morgan fingerprint density at radius 1 is 1.03 bits per heavy atom. The van der Waals surface area contributed by atoms with E-state index in [2.05, 4.69) is 64.3 Å². The molecule has 5 nitrogen and oxygen atoms in total. The second-order valence-corrected chi connectivity index (χ2v) is 7.96. The van der Waals surface area contributed by atoms with Crippen LogP contribution in [0, 0.1) is 0 Å². The van der Waals surface area contributed by atoms with Gasteiger partial charge in [0.05, 0.1) is 24.7 Å². The Kier molecular flexibility index (Phi) is 7.81. The van der Waals surface area contributed by atoms with Gasteiger partial charge in [0.2, 0.25) is 0 Å². The molecule has 6 heteroatoms. The number of ether oxygens (including phenoxy) is 3. The van der Waals surface area contributed by atoms with E-state index in [9.17, 15) is 0 Å². The van der Waals surface area contributed by atoms with Crippen molar-refractivity contribution in [2.75, 3.05) is 47.0 Å². The summed E-state index contributed by atoms with van der Waals surface area (Å²) in [5, 5.41) is 3.63. The largest absolute Gasteiger partial charge is 0.496 e. The second kappa shape index (κ2) is 10.3. The summed E-state index contributed by atoms with van der Waals surface area (Å²) in [4.78, 5) is 2.37. The summed E-state index contributed by atoms with van der Waals surface area (Å²) >= 11 is 3.61. The third kappa shape index (κ3) is 5.05. The highest BCUT2D eigenvalue weighted by Crippen LogP contribution is 2.40. The van der Waals surface area contributed by atoms with Crippen LogP contribution in [0.3, 0.4) is 0 Å². The number of benzene rings is 2. The monoisotopic (exact) mass is 462 g/mol. The summed E-state index contributed by atoms with van der Waals surface area (Å²) in [5.41, 5.74) is 3.68. The Bertz CT molecular complexity index is 824. The van der Waals surface area contributed by atoms with E-state index in [1.165, 1.54) is 11.1 Å². The van der Waals surface area contributed by atoms with Crippen molar-refractivity contribution in [1.29, 1.82) is 0 Å². The molecule has 0 aliphatic carbocycles. The SMILES string of the molecule is CCN(CC)CCOc1ccc2c(c1)CCNC2c1cc(Br)c(OC)cc1OC. The van der Waals surface area contributed by atoms with Crippen LogP contribution in [-0.2, 0) is 6.42 Å². The van der Waals surface area contributed by atoms with Crippen molar-refractivity contribution in [2.45, 2.75) is 26.3 Å². The third-order valence-electron chi connectivity index (χ3n) is 5.55. The van der Waals surface area contributed by atoms with Gasteiger partial charge >= 0.3 is 0 Å². The third-order valence-corrected chi connectivity index (χ3v) is 6.17. The summed E-state index contributed by atoms with van der Waals surface area (Å²) in [6.07, 6.45) is 0.985. The number of nitrogens with one attached hydrogen (secondary N) is 1. The molecule has 0 amide bonds.